The summed E-state index contributed by atoms with van der Waals surface area (Å²) < 4.78 is 37.5. The molecular weight excluding hydrogens is 404 g/mol. The highest BCUT2D eigenvalue weighted by Crippen LogP contribution is 2.15. The molecule has 0 aliphatic rings. The van der Waals surface area contributed by atoms with Crippen LogP contribution in [-0.4, -0.2) is 38.1 Å². The van der Waals surface area contributed by atoms with Crippen LogP contribution in [0.5, 0.6) is 11.6 Å². The van der Waals surface area contributed by atoms with Crippen LogP contribution in [0.2, 0.25) is 0 Å². The van der Waals surface area contributed by atoms with Crippen LogP contribution >= 0.6 is 0 Å². The lowest BCUT2D eigenvalue weighted by molar-refractivity contribution is 0.222. The molecule has 0 N–H and O–H groups in total. The molecule has 0 radical (unpaired) electrons. The average Bonchev–Trinajstić information content (AvgIpc) is 2.75. The molecule has 3 aromatic rings. The molecular formula is C22H24N2O5S. The summed E-state index contributed by atoms with van der Waals surface area (Å²) in [6, 6.07) is 21.3. The first kappa shape index (κ1) is 21.7. The fraction of sp³-hybridized carbons (Fsp3) is 0.273. The van der Waals surface area contributed by atoms with Gasteiger partial charge >= 0.3 is 0 Å². The number of aromatic nitrogens is 2. The maximum Gasteiger partial charge on any atom is 0.264 e. The predicted molar refractivity (Wildman–Crippen MR) is 113 cm³/mol. The van der Waals surface area contributed by atoms with Gasteiger partial charge in [-0.15, -0.1) is 5.10 Å². The molecule has 0 saturated carbocycles. The van der Waals surface area contributed by atoms with Crippen molar-refractivity contribution in [2.24, 2.45) is 0 Å². The second kappa shape index (κ2) is 10.7. The topological polar surface area (TPSA) is 87.6 Å². The zero-order chi connectivity index (χ0) is 21.2. The number of aryl methyl sites for hydroxylation is 2. The predicted octanol–water partition coefficient (Wildman–Crippen LogP) is 3.20. The van der Waals surface area contributed by atoms with Crippen molar-refractivity contribution < 1.29 is 22.1 Å². The Morgan fingerprint density at radius 1 is 0.767 bits per heavy atom. The van der Waals surface area contributed by atoms with Crippen molar-refractivity contribution in [3.63, 3.8) is 0 Å². The van der Waals surface area contributed by atoms with Gasteiger partial charge in [0, 0.05) is 6.07 Å². The van der Waals surface area contributed by atoms with Gasteiger partial charge in [-0.1, -0.05) is 42.5 Å². The maximum absolute atomic E-state index is 10.9. The third-order valence-electron chi connectivity index (χ3n) is 4.17. The number of rotatable bonds is 11. The summed E-state index contributed by atoms with van der Waals surface area (Å²) in [5, 5.41) is 8.36. The van der Waals surface area contributed by atoms with Crippen molar-refractivity contribution in [3.8, 4) is 11.6 Å². The Hall–Kier alpha value is -2.97. The van der Waals surface area contributed by atoms with E-state index in [9.17, 15) is 8.42 Å². The summed E-state index contributed by atoms with van der Waals surface area (Å²) in [6.07, 6.45) is 2.59. The van der Waals surface area contributed by atoms with Crippen LogP contribution in [0.1, 0.15) is 16.8 Å². The highest BCUT2D eigenvalue weighted by Gasteiger charge is 2.03. The smallest absolute Gasteiger partial charge is 0.264 e. The van der Waals surface area contributed by atoms with Crippen LogP contribution in [0, 0.1) is 0 Å². The molecule has 0 bridgehead atoms. The van der Waals surface area contributed by atoms with Gasteiger partial charge in [0.1, 0.15) is 25.6 Å². The van der Waals surface area contributed by atoms with Crippen LogP contribution in [0.4, 0.5) is 0 Å². The van der Waals surface area contributed by atoms with E-state index in [1.54, 1.807) is 0 Å². The largest absolute Gasteiger partial charge is 0.491 e. The average molecular weight is 429 g/mol. The number of ether oxygens (including phenoxy) is 2. The molecule has 0 aliphatic heterocycles. The van der Waals surface area contributed by atoms with Gasteiger partial charge in [-0.25, -0.2) is 0 Å². The zero-order valence-corrected chi connectivity index (χ0v) is 17.5. The molecule has 0 atom stereocenters. The van der Waals surface area contributed by atoms with Crippen LogP contribution in [0.15, 0.2) is 66.7 Å². The monoisotopic (exact) mass is 428 g/mol. The fourth-order valence-corrected chi connectivity index (χ4v) is 3.03. The first-order valence-electron chi connectivity index (χ1n) is 9.53. The Kier molecular flexibility index (Phi) is 7.75. The van der Waals surface area contributed by atoms with Gasteiger partial charge in [0.05, 0.1) is 11.9 Å². The summed E-state index contributed by atoms with van der Waals surface area (Å²) in [5.41, 5.74) is 3.11. The molecule has 0 spiro atoms. The van der Waals surface area contributed by atoms with Gasteiger partial charge in [0.15, 0.2) is 0 Å². The normalized spacial score (nSPS) is 11.2. The third-order valence-corrected chi connectivity index (χ3v) is 4.76. The molecule has 0 unspecified atom stereocenters. The number of hydrogen-bond donors (Lipinski definition) is 0. The quantitative estimate of drug-likeness (QED) is 0.342. The van der Waals surface area contributed by atoms with E-state index in [-0.39, 0.29) is 13.2 Å². The summed E-state index contributed by atoms with van der Waals surface area (Å²) in [7, 11) is -3.44. The minimum Gasteiger partial charge on any atom is -0.491 e. The van der Waals surface area contributed by atoms with Gasteiger partial charge in [-0.05, 0) is 42.2 Å². The van der Waals surface area contributed by atoms with Gasteiger partial charge in [0.25, 0.3) is 10.1 Å². The van der Waals surface area contributed by atoms with Crippen molar-refractivity contribution in [1.29, 1.82) is 0 Å². The van der Waals surface area contributed by atoms with E-state index >= 15 is 0 Å². The SMILES string of the molecule is CS(=O)(=O)OCCOc1ccc(CCc2ccc(OCc3ccccc3)nn2)cc1. The van der Waals surface area contributed by atoms with Gasteiger partial charge in [-0.2, -0.15) is 13.5 Å². The van der Waals surface area contributed by atoms with E-state index in [1.807, 2.05) is 66.7 Å². The minimum atomic E-state index is -3.44. The summed E-state index contributed by atoms with van der Waals surface area (Å²) >= 11 is 0. The fourth-order valence-electron chi connectivity index (χ4n) is 2.66. The molecule has 3 rings (SSSR count). The standard InChI is InChI=1S/C22H24N2O5S/c1-30(25,26)29-16-15-27-21-12-8-18(9-13-21)7-10-20-11-14-22(24-23-20)28-17-19-5-3-2-4-6-19/h2-6,8-9,11-14H,7,10,15-17H2,1H3. The number of benzene rings is 2. The summed E-state index contributed by atoms with van der Waals surface area (Å²) in [5.74, 6) is 1.17. The molecule has 0 amide bonds. The lowest BCUT2D eigenvalue weighted by atomic mass is 10.1. The molecule has 8 heteroatoms. The molecule has 7 nitrogen and oxygen atoms in total. The van der Waals surface area contributed by atoms with Gasteiger partial charge in [-0.3, -0.25) is 4.18 Å². The third kappa shape index (κ3) is 7.81. The van der Waals surface area contributed by atoms with E-state index in [0.717, 1.165) is 35.9 Å². The molecule has 0 aliphatic carbocycles. The number of hydrogen-bond acceptors (Lipinski definition) is 7. The Balaban J connectivity index is 1.40. The van der Waals surface area contributed by atoms with Crippen molar-refractivity contribution in [1.82, 2.24) is 10.2 Å². The molecule has 1 heterocycles. The Morgan fingerprint density at radius 3 is 2.20 bits per heavy atom. The lowest BCUT2D eigenvalue weighted by Gasteiger charge is -2.07. The van der Waals surface area contributed by atoms with Crippen molar-refractivity contribution in [2.75, 3.05) is 19.5 Å². The molecule has 158 valence electrons. The second-order valence-corrected chi connectivity index (χ2v) is 8.30. The first-order chi connectivity index (χ1) is 14.5. The first-order valence-corrected chi connectivity index (χ1v) is 11.3. The van der Waals surface area contributed by atoms with E-state index in [0.29, 0.717) is 18.2 Å². The van der Waals surface area contributed by atoms with E-state index < -0.39 is 10.1 Å². The zero-order valence-electron chi connectivity index (χ0n) is 16.7. The van der Waals surface area contributed by atoms with E-state index in [1.165, 1.54) is 0 Å². The van der Waals surface area contributed by atoms with Crippen molar-refractivity contribution in [2.45, 2.75) is 19.4 Å². The number of nitrogens with zero attached hydrogens (tertiary/aromatic N) is 2. The maximum atomic E-state index is 10.9. The van der Waals surface area contributed by atoms with Crippen LogP contribution < -0.4 is 9.47 Å². The molecule has 1 aromatic heterocycles. The lowest BCUT2D eigenvalue weighted by Crippen LogP contribution is -2.11. The molecule has 30 heavy (non-hydrogen) atoms. The summed E-state index contributed by atoms with van der Waals surface area (Å²) in [6.45, 7) is 0.620. The highest BCUT2D eigenvalue weighted by molar-refractivity contribution is 7.85. The molecule has 0 saturated heterocycles. The van der Waals surface area contributed by atoms with Gasteiger partial charge in [0.2, 0.25) is 5.88 Å². The van der Waals surface area contributed by atoms with Crippen LogP contribution in [0.25, 0.3) is 0 Å². The summed E-state index contributed by atoms with van der Waals surface area (Å²) in [4.78, 5) is 0. The van der Waals surface area contributed by atoms with Crippen LogP contribution in [-0.2, 0) is 33.7 Å². The highest BCUT2D eigenvalue weighted by atomic mass is 32.2. The Bertz CT molecular complexity index is 1010. The second-order valence-electron chi connectivity index (χ2n) is 6.66. The molecule has 0 fully saturated rings. The molecule has 2 aromatic carbocycles. The van der Waals surface area contributed by atoms with Crippen LogP contribution in [0.3, 0.4) is 0 Å². The van der Waals surface area contributed by atoms with E-state index in [4.69, 9.17) is 9.47 Å². The van der Waals surface area contributed by atoms with Gasteiger partial charge < -0.3 is 9.47 Å². The Morgan fingerprint density at radius 2 is 1.53 bits per heavy atom. The Labute approximate surface area is 176 Å². The van der Waals surface area contributed by atoms with Crippen molar-refractivity contribution >= 4 is 10.1 Å². The van der Waals surface area contributed by atoms with E-state index in [2.05, 4.69) is 14.4 Å². The van der Waals surface area contributed by atoms with Crippen molar-refractivity contribution in [3.05, 3.63) is 83.6 Å². The minimum absolute atomic E-state index is 0.00961.